The molecule has 0 heterocycles. The lowest BCUT2D eigenvalue weighted by Gasteiger charge is -2.04. The molecule has 13 heavy (non-hydrogen) atoms. The van der Waals surface area contributed by atoms with Crippen LogP contribution in [-0.2, 0) is 6.42 Å². The first-order valence-electron chi connectivity index (χ1n) is 4.80. The summed E-state index contributed by atoms with van der Waals surface area (Å²) in [5.74, 6) is 0. The summed E-state index contributed by atoms with van der Waals surface area (Å²) in [5, 5.41) is 0. The minimum atomic E-state index is 1.10. The molecule has 0 amide bonds. The topological polar surface area (TPSA) is 0 Å². The van der Waals surface area contributed by atoms with E-state index in [-0.39, 0.29) is 0 Å². The monoisotopic (exact) mass is 174 g/mol. The Morgan fingerprint density at radius 2 is 1.92 bits per heavy atom. The molecule has 0 aliphatic carbocycles. The van der Waals surface area contributed by atoms with Gasteiger partial charge < -0.3 is 0 Å². The summed E-state index contributed by atoms with van der Waals surface area (Å²) in [7, 11) is 0. The Balaban J connectivity index is 2.68. The van der Waals surface area contributed by atoms with Gasteiger partial charge in [0.2, 0.25) is 0 Å². The number of aryl methyl sites for hydroxylation is 3. The molecular weight excluding hydrogens is 156 g/mol. The number of rotatable bonds is 3. The first kappa shape index (κ1) is 10.0. The summed E-state index contributed by atoms with van der Waals surface area (Å²) >= 11 is 0. The summed E-state index contributed by atoms with van der Waals surface area (Å²) in [6, 6.07) is 6.69. The van der Waals surface area contributed by atoms with Gasteiger partial charge >= 0.3 is 0 Å². The van der Waals surface area contributed by atoms with Gasteiger partial charge in [0.05, 0.1) is 0 Å². The Hall–Kier alpha value is -1.04. The van der Waals surface area contributed by atoms with Gasteiger partial charge in [0.15, 0.2) is 0 Å². The average Bonchev–Trinajstić information content (AvgIpc) is 2.07. The normalized spacial score (nSPS) is 10.1. The SMILES string of the molecule is C=C(C)CCc1ccc(C)c(C)c1. The van der Waals surface area contributed by atoms with E-state index in [0.717, 1.165) is 12.8 Å². The summed E-state index contributed by atoms with van der Waals surface area (Å²) in [6.07, 6.45) is 2.22. The Morgan fingerprint density at radius 3 is 2.46 bits per heavy atom. The van der Waals surface area contributed by atoms with Crippen molar-refractivity contribution in [2.75, 3.05) is 0 Å². The molecule has 0 unspecified atom stereocenters. The van der Waals surface area contributed by atoms with E-state index in [1.54, 1.807) is 0 Å². The van der Waals surface area contributed by atoms with E-state index in [1.165, 1.54) is 22.3 Å². The van der Waals surface area contributed by atoms with Crippen LogP contribution < -0.4 is 0 Å². The molecule has 0 bridgehead atoms. The lowest BCUT2D eigenvalue weighted by Crippen LogP contribution is -1.88. The summed E-state index contributed by atoms with van der Waals surface area (Å²) in [5.41, 5.74) is 5.45. The number of allylic oxidation sites excluding steroid dienone is 1. The molecule has 0 saturated heterocycles. The molecule has 0 aliphatic rings. The van der Waals surface area contributed by atoms with E-state index in [4.69, 9.17) is 0 Å². The predicted molar refractivity (Wildman–Crippen MR) is 59.1 cm³/mol. The third-order valence-corrected chi connectivity index (χ3v) is 2.41. The van der Waals surface area contributed by atoms with Crippen LogP contribution in [0.5, 0.6) is 0 Å². The first-order chi connectivity index (χ1) is 6.09. The fourth-order valence-electron chi connectivity index (χ4n) is 1.32. The number of hydrogen-bond acceptors (Lipinski definition) is 0. The van der Waals surface area contributed by atoms with Crippen LogP contribution in [-0.4, -0.2) is 0 Å². The minimum Gasteiger partial charge on any atom is -0.100 e. The fourth-order valence-corrected chi connectivity index (χ4v) is 1.32. The van der Waals surface area contributed by atoms with Crippen LogP contribution in [0, 0.1) is 13.8 Å². The van der Waals surface area contributed by atoms with Crippen molar-refractivity contribution < 1.29 is 0 Å². The highest BCUT2D eigenvalue weighted by atomic mass is 14.0. The van der Waals surface area contributed by atoms with Crippen molar-refractivity contribution >= 4 is 0 Å². The molecule has 0 fully saturated rings. The molecule has 0 radical (unpaired) electrons. The Bertz CT molecular complexity index is 308. The van der Waals surface area contributed by atoms with Gasteiger partial charge in [-0.05, 0) is 50.3 Å². The maximum atomic E-state index is 3.91. The maximum absolute atomic E-state index is 3.91. The first-order valence-corrected chi connectivity index (χ1v) is 4.80. The molecule has 0 aliphatic heterocycles. The van der Waals surface area contributed by atoms with Gasteiger partial charge in [-0.1, -0.05) is 23.8 Å². The molecule has 0 N–H and O–H groups in total. The highest BCUT2D eigenvalue weighted by molar-refractivity contribution is 5.30. The van der Waals surface area contributed by atoms with Crippen LogP contribution in [0.1, 0.15) is 30.0 Å². The van der Waals surface area contributed by atoms with Crippen LogP contribution in [0.15, 0.2) is 30.4 Å². The van der Waals surface area contributed by atoms with Crippen molar-refractivity contribution in [1.82, 2.24) is 0 Å². The lowest BCUT2D eigenvalue weighted by molar-refractivity contribution is 0.942. The largest absolute Gasteiger partial charge is 0.100 e. The van der Waals surface area contributed by atoms with Gasteiger partial charge in [-0.25, -0.2) is 0 Å². The fraction of sp³-hybridized carbons (Fsp3) is 0.385. The van der Waals surface area contributed by atoms with E-state index in [1.807, 2.05) is 0 Å². The smallest absolute Gasteiger partial charge is 0.0242 e. The van der Waals surface area contributed by atoms with Gasteiger partial charge in [0, 0.05) is 0 Å². The second-order valence-electron chi connectivity index (χ2n) is 3.88. The molecule has 0 nitrogen and oxygen atoms in total. The summed E-state index contributed by atoms with van der Waals surface area (Å²) in [4.78, 5) is 0. The molecule has 70 valence electrons. The molecule has 1 aromatic rings. The quantitative estimate of drug-likeness (QED) is 0.611. The predicted octanol–water partition coefficient (Wildman–Crippen LogP) is 3.81. The maximum Gasteiger partial charge on any atom is -0.0242 e. The van der Waals surface area contributed by atoms with Gasteiger partial charge in [-0.3, -0.25) is 0 Å². The van der Waals surface area contributed by atoms with Crippen LogP contribution in [0.4, 0.5) is 0 Å². The van der Waals surface area contributed by atoms with E-state index in [2.05, 4.69) is 45.5 Å². The Kier molecular flexibility index (Phi) is 3.30. The van der Waals surface area contributed by atoms with Gasteiger partial charge in [-0.15, -0.1) is 6.58 Å². The van der Waals surface area contributed by atoms with Gasteiger partial charge in [0.1, 0.15) is 0 Å². The number of hydrogen-bond donors (Lipinski definition) is 0. The average molecular weight is 174 g/mol. The third-order valence-electron chi connectivity index (χ3n) is 2.41. The molecule has 0 aromatic heterocycles. The highest BCUT2D eigenvalue weighted by Crippen LogP contribution is 2.12. The van der Waals surface area contributed by atoms with E-state index >= 15 is 0 Å². The zero-order valence-electron chi connectivity index (χ0n) is 8.85. The van der Waals surface area contributed by atoms with Crippen LogP contribution in [0.2, 0.25) is 0 Å². The zero-order chi connectivity index (χ0) is 9.84. The second kappa shape index (κ2) is 4.27. The molecule has 0 saturated carbocycles. The summed E-state index contributed by atoms with van der Waals surface area (Å²) in [6.45, 7) is 10.3. The van der Waals surface area contributed by atoms with Crippen molar-refractivity contribution in [3.8, 4) is 0 Å². The van der Waals surface area contributed by atoms with Crippen molar-refractivity contribution in [1.29, 1.82) is 0 Å². The molecule has 0 atom stereocenters. The molecule has 0 spiro atoms. The Labute approximate surface area is 81.3 Å². The van der Waals surface area contributed by atoms with Crippen LogP contribution in [0.3, 0.4) is 0 Å². The van der Waals surface area contributed by atoms with Crippen LogP contribution in [0.25, 0.3) is 0 Å². The lowest BCUT2D eigenvalue weighted by atomic mass is 10.0. The van der Waals surface area contributed by atoms with Crippen molar-refractivity contribution in [2.45, 2.75) is 33.6 Å². The standard InChI is InChI=1S/C13H18/c1-10(2)5-7-13-8-6-11(3)12(4)9-13/h6,8-9H,1,5,7H2,2-4H3. The third kappa shape index (κ3) is 3.06. The van der Waals surface area contributed by atoms with E-state index in [0.29, 0.717) is 0 Å². The summed E-state index contributed by atoms with van der Waals surface area (Å²) < 4.78 is 0. The number of benzene rings is 1. The molecule has 0 heteroatoms. The van der Waals surface area contributed by atoms with Crippen LogP contribution >= 0.6 is 0 Å². The zero-order valence-corrected chi connectivity index (χ0v) is 8.85. The van der Waals surface area contributed by atoms with Gasteiger partial charge in [-0.2, -0.15) is 0 Å². The van der Waals surface area contributed by atoms with Crippen molar-refractivity contribution in [3.05, 3.63) is 47.0 Å². The minimum absolute atomic E-state index is 1.10. The van der Waals surface area contributed by atoms with Crippen molar-refractivity contribution in [3.63, 3.8) is 0 Å². The molecular formula is C13H18. The highest BCUT2D eigenvalue weighted by Gasteiger charge is 1.96. The van der Waals surface area contributed by atoms with Gasteiger partial charge in [0.25, 0.3) is 0 Å². The van der Waals surface area contributed by atoms with E-state index < -0.39 is 0 Å². The Morgan fingerprint density at radius 1 is 1.23 bits per heavy atom. The molecule has 1 aromatic carbocycles. The van der Waals surface area contributed by atoms with Crippen molar-refractivity contribution in [2.24, 2.45) is 0 Å². The molecule has 1 rings (SSSR count). The van der Waals surface area contributed by atoms with E-state index in [9.17, 15) is 0 Å². The second-order valence-corrected chi connectivity index (χ2v) is 3.88.